The van der Waals surface area contributed by atoms with E-state index in [0.29, 0.717) is 25.8 Å². The number of hydrogen-bond donors (Lipinski definition) is 1. The second kappa shape index (κ2) is 11.8. The van der Waals surface area contributed by atoms with Gasteiger partial charge in [-0.25, -0.2) is 0 Å². The zero-order chi connectivity index (χ0) is 25.4. The summed E-state index contributed by atoms with van der Waals surface area (Å²) in [6.07, 6.45) is 1.45. The average Bonchev–Trinajstić information content (AvgIpc) is 2.80. The van der Waals surface area contributed by atoms with Gasteiger partial charge < -0.3 is 10.2 Å². The number of amides is 2. The minimum atomic E-state index is -0.609. The fourth-order valence-electron chi connectivity index (χ4n) is 4.16. The highest BCUT2D eigenvalue weighted by Crippen LogP contribution is 2.18. The molecule has 3 aromatic carbocycles. The maximum atomic E-state index is 13.7. The summed E-state index contributed by atoms with van der Waals surface area (Å²) in [7, 11) is 0. The first-order valence-electron chi connectivity index (χ1n) is 12.4. The molecular formula is C31H38N2O2. The summed E-state index contributed by atoms with van der Waals surface area (Å²) in [6, 6.07) is 25.8. The molecule has 0 saturated carbocycles. The van der Waals surface area contributed by atoms with E-state index in [4.69, 9.17) is 0 Å². The third kappa shape index (κ3) is 8.40. The molecule has 2 amide bonds. The van der Waals surface area contributed by atoms with Crippen molar-refractivity contribution in [2.75, 3.05) is 0 Å². The molecule has 0 aliphatic carbocycles. The number of hydrogen-bond acceptors (Lipinski definition) is 2. The third-order valence-electron chi connectivity index (χ3n) is 5.95. The number of carbonyl (C=O) groups is 2. The summed E-state index contributed by atoms with van der Waals surface area (Å²) in [5.74, 6) is -0.144. The Morgan fingerprint density at radius 1 is 0.800 bits per heavy atom. The van der Waals surface area contributed by atoms with Crippen LogP contribution in [0.25, 0.3) is 0 Å². The maximum Gasteiger partial charge on any atom is 0.243 e. The van der Waals surface area contributed by atoms with Crippen LogP contribution in [0.5, 0.6) is 0 Å². The van der Waals surface area contributed by atoms with E-state index in [1.807, 2.05) is 76.2 Å². The van der Waals surface area contributed by atoms with E-state index >= 15 is 0 Å². The largest absolute Gasteiger partial charge is 0.350 e. The summed E-state index contributed by atoms with van der Waals surface area (Å²) in [6.45, 7) is 10.4. The van der Waals surface area contributed by atoms with Gasteiger partial charge in [-0.3, -0.25) is 9.59 Å². The minimum Gasteiger partial charge on any atom is -0.350 e. The summed E-state index contributed by atoms with van der Waals surface area (Å²) in [4.78, 5) is 29.1. The molecule has 1 atom stereocenters. The van der Waals surface area contributed by atoms with Crippen LogP contribution in [0, 0.1) is 13.8 Å². The number of nitrogens with zero attached hydrogens (tertiary/aromatic N) is 1. The van der Waals surface area contributed by atoms with Crippen LogP contribution in [0.4, 0.5) is 0 Å². The predicted octanol–water partition coefficient (Wildman–Crippen LogP) is 5.79. The van der Waals surface area contributed by atoms with Crippen molar-refractivity contribution in [3.05, 3.63) is 107 Å². The Morgan fingerprint density at radius 3 is 2.09 bits per heavy atom. The van der Waals surface area contributed by atoms with E-state index in [1.54, 1.807) is 4.90 Å². The molecule has 3 aromatic rings. The lowest BCUT2D eigenvalue weighted by atomic mass is 9.99. The Labute approximate surface area is 210 Å². The van der Waals surface area contributed by atoms with Gasteiger partial charge >= 0.3 is 0 Å². The van der Waals surface area contributed by atoms with Crippen LogP contribution < -0.4 is 5.32 Å². The SMILES string of the molecule is Cc1ccc(CCC(=O)N(Cc2cccc(C)c2)C(Cc2ccccc2)C(=O)NC(C)(C)C)cc1. The van der Waals surface area contributed by atoms with Crippen LogP contribution in [0.1, 0.15) is 55.0 Å². The van der Waals surface area contributed by atoms with Crippen LogP contribution in [0.2, 0.25) is 0 Å². The molecule has 0 bridgehead atoms. The van der Waals surface area contributed by atoms with Gasteiger partial charge in [-0.05, 0) is 57.7 Å². The van der Waals surface area contributed by atoms with Crippen molar-refractivity contribution in [2.24, 2.45) is 0 Å². The zero-order valence-corrected chi connectivity index (χ0v) is 21.7. The Bertz CT molecular complexity index is 1110. The molecule has 1 unspecified atom stereocenters. The third-order valence-corrected chi connectivity index (χ3v) is 5.95. The van der Waals surface area contributed by atoms with Crippen LogP contribution >= 0.6 is 0 Å². The van der Waals surface area contributed by atoms with Crippen molar-refractivity contribution in [1.82, 2.24) is 10.2 Å². The van der Waals surface area contributed by atoms with E-state index in [0.717, 1.165) is 22.3 Å². The van der Waals surface area contributed by atoms with Crippen LogP contribution in [-0.2, 0) is 29.0 Å². The molecule has 0 aliphatic heterocycles. The molecule has 4 heteroatoms. The summed E-state index contributed by atoms with van der Waals surface area (Å²) >= 11 is 0. The normalized spacial score (nSPS) is 12.1. The van der Waals surface area contributed by atoms with Crippen molar-refractivity contribution >= 4 is 11.8 Å². The standard InChI is InChI=1S/C31H38N2O2/c1-23-14-16-25(17-15-23)18-19-29(34)33(22-27-13-9-10-24(2)20-27)28(30(35)32-31(3,4)5)21-26-11-7-6-8-12-26/h6-17,20,28H,18-19,21-22H2,1-5H3,(H,32,35). The Morgan fingerprint density at radius 2 is 1.46 bits per heavy atom. The Hall–Kier alpha value is -3.40. The molecule has 184 valence electrons. The summed E-state index contributed by atoms with van der Waals surface area (Å²) in [5.41, 5.74) is 5.11. The number of aryl methyl sites for hydroxylation is 3. The molecule has 0 aromatic heterocycles. The molecular weight excluding hydrogens is 432 g/mol. The highest BCUT2D eigenvalue weighted by molar-refractivity contribution is 5.88. The highest BCUT2D eigenvalue weighted by atomic mass is 16.2. The van der Waals surface area contributed by atoms with Crippen molar-refractivity contribution in [3.63, 3.8) is 0 Å². The van der Waals surface area contributed by atoms with Crippen LogP contribution in [0.3, 0.4) is 0 Å². The molecule has 1 N–H and O–H groups in total. The fraction of sp³-hybridized carbons (Fsp3) is 0.355. The summed E-state index contributed by atoms with van der Waals surface area (Å²) in [5, 5.41) is 3.12. The van der Waals surface area contributed by atoms with E-state index in [2.05, 4.69) is 42.6 Å². The van der Waals surface area contributed by atoms with Gasteiger partial charge in [0.15, 0.2) is 0 Å². The van der Waals surface area contributed by atoms with Crippen molar-refractivity contribution in [2.45, 2.75) is 72.0 Å². The van der Waals surface area contributed by atoms with Gasteiger partial charge in [-0.2, -0.15) is 0 Å². The Kier molecular flexibility index (Phi) is 8.86. The van der Waals surface area contributed by atoms with Crippen LogP contribution in [0.15, 0.2) is 78.9 Å². The van der Waals surface area contributed by atoms with Gasteiger partial charge in [-0.1, -0.05) is 90.0 Å². The minimum absolute atomic E-state index is 0.0166. The molecule has 0 saturated heterocycles. The van der Waals surface area contributed by atoms with Gasteiger partial charge in [0.25, 0.3) is 0 Å². The first-order valence-corrected chi connectivity index (χ1v) is 12.4. The lowest BCUT2D eigenvalue weighted by Crippen LogP contribution is -2.54. The van der Waals surface area contributed by atoms with E-state index < -0.39 is 11.6 Å². The molecule has 0 heterocycles. The first-order chi connectivity index (χ1) is 16.6. The van der Waals surface area contributed by atoms with Gasteiger partial charge in [-0.15, -0.1) is 0 Å². The topological polar surface area (TPSA) is 49.4 Å². The number of nitrogens with one attached hydrogen (secondary N) is 1. The van der Waals surface area contributed by atoms with E-state index in [1.165, 1.54) is 5.56 Å². The summed E-state index contributed by atoms with van der Waals surface area (Å²) < 4.78 is 0. The monoisotopic (exact) mass is 470 g/mol. The fourth-order valence-corrected chi connectivity index (χ4v) is 4.16. The molecule has 0 radical (unpaired) electrons. The number of carbonyl (C=O) groups excluding carboxylic acids is 2. The van der Waals surface area contributed by atoms with Gasteiger partial charge in [0.1, 0.15) is 6.04 Å². The average molecular weight is 471 g/mol. The molecule has 35 heavy (non-hydrogen) atoms. The van der Waals surface area contributed by atoms with Gasteiger partial charge in [0.05, 0.1) is 0 Å². The molecule has 3 rings (SSSR count). The lowest BCUT2D eigenvalue weighted by Gasteiger charge is -2.34. The highest BCUT2D eigenvalue weighted by Gasteiger charge is 2.32. The molecule has 0 aliphatic rings. The number of rotatable bonds is 9. The van der Waals surface area contributed by atoms with E-state index in [-0.39, 0.29) is 11.8 Å². The van der Waals surface area contributed by atoms with Crippen molar-refractivity contribution in [1.29, 1.82) is 0 Å². The predicted molar refractivity (Wildman–Crippen MR) is 143 cm³/mol. The molecule has 0 spiro atoms. The first kappa shape index (κ1) is 26.2. The quantitative estimate of drug-likeness (QED) is 0.430. The van der Waals surface area contributed by atoms with E-state index in [9.17, 15) is 9.59 Å². The molecule has 4 nitrogen and oxygen atoms in total. The van der Waals surface area contributed by atoms with Crippen molar-refractivity contribution < 1.29 is 9.59 Å². The maximum absolute atomic E-state index is 13.7. The zero-order valence-electron chi connectivity index (χ0n) is 21.7. The van der Waals surface area contributed by atoms with Crippen molar-refractivity contribution in [3.8, 4) is 0 Å². The second-order valence-corrected chi connectivity index (χ2v) is 10.4. The van der Waals surface area contributed by atoms with Crippen LogP contribution in [-0.4, -0.2) is 28.3 Å². The second-order valence-electron chi connectivity index (χ2n) is 10.4. The van der Waals surface area contributed by atoms with Gasteiger partial charge in [0, 0.05) is 24.9 Å². The van der Waals surface area contributed by atoms with Gasteiger partial charge in [0.2, 0.25) is 11.8 Å². The lowest BCUT2D eigenvalue weighted by molar-refractivity contribution is -0.141. The molecule has 0 fully saturated rings. The number of benzene rings is 3. The smallest absolute Gasteiger partial charge is 0.243 e. The Balaban J connectivity index is 1.92.